The second kappa shape index (κ2) is 11.7. The molecule has 5 rings (SSSR count). The van der Waals surface area contributed by atoms with Crippen molar-refractivity contribution in [3.05, 3.63) is 117 Å². The molecule has 0 saturated carbocycles. The van der Waals surface area contributed by atoms with Gasteiger partial charge in [-0.1, -0.05) is 60.1 Å². The minimum absolute atomic E-state index is 0.270. The third kappa shape index (κ3) is 5.94. The number of anilines is 1. The van der Waals surface area contributed by atoms with Crippen LogP contribution in [0, 0.1) is 0 Å². The highest BCUT2D eigenvalue weighted by molar-refractivity contribution is 9.10. The largest absolute Gasteiger partial charge is 0.465 e. The van der Waals surface area contributed by atoms with E-state index >= 15 is 0 Å². The van der Waals surface area contributed by atoms with Crippen molar-refractivity contribution < 1.29 is 14.3 Å². The number of fused-ring (bicyclic) bond motifs is 1. The number of amides is 1. The summed E-state index contributed by atoms with van der Waals surface area (Å²) in [5.41, 5.74) is 4.96. The lowest BCUT2D eigenvalue weighted by Crippen LogP contribution is -2.23. The van der Waals surface area contributed by atoms with Gasteiger partial charge in [0.1, 0.15) is 5.82 Å². The molecule has 1 amide bonds. The zero-order valence-electron chi connectivity index (χ0n) is 20.8. The fourth-order valence-corrected chi connectivity index (χ4v) is 4.61. The van der Waals surface area contributed by atoms with E-state index in [1.165, 1.54) is 13.2 Å². The Balaban J connectivity index is 1.26. The number of benzene rings is 3. The molecule has 0 radical (unpaired) electrons. The molecule has 0 aliphatic heterocycles. The van der Waals surface area contributed by atoms with E-state index in [1.807, 2.05) is 54.6 Å². The van der Waals surface area contributed by atoms with Crippen LogP contribution in [0.4, 0.5) is 5.82 Å². The summed E-state index contributed by atoms with van der Waals surface area (Å²) in [7, 11) is 1.31. The lowest BCUT2D eigenvalue weighted by Gasteiger charge is -2.12. The van der Waals surface area contributed by atoms with Crippen molar-refractivity contribution in [2.45, 2.75) is 13.1 Å². The highest BCUT2D eigenvalue weighted by Crippen LogP contribution is 2.30. The van der Waals surface area contributed by atoms with Gasteiger partial charge < -0.3 is 15.4 Å². The van der Waals surface area contributed by atoms with Gasteiger partial charge in [-0.2, -0.15) is 9.61 Å². The number of rotatable bonds is 8. The van der Waals surface area contributed by atoms with Gasteiger partial charge in [-0.15, -0.1) is 0 Å². The van der Waals surface area contributed by atoms with Crippen LogP contribution in [0.2, 0.25) is 5.02 Å². The number of aromatic nitrogens is 3. The third-order valence-electron chi connectivity index (χ3n) is 6.07. The number of nitrogens with zero attached hydrogens (tertiary/aromatic N) is 3. The van der Waals surface area contributed by atoms with Crippen LogP contribution < -0.4 is 10.6 Å². The lowest BCUT2D eigenvalue weighted by molar-refractivity contribution is 0.0600. The Morgan fingerprint density at radius 3 is 2.41 bits per heavy atom. The molecule has 0 saturated heterocycles. The van der Waals surface area contributed by atoms with Crippen molar-refractivity contribution >= 4 is 50.9 Å². The Morgan fingerprint density at radius 2 is 1.67 bits per heavy atom. The van der Waals surface area contributed by atoms with Gasteiger partial charge in [0.25, 0.3) is 5.91 Å². The van der Waals surface area contributed by atoms with Crippen molar-refractivity contribution in [2.24, 2.45) is 0 Å². The molecule has 2 heterocycles. The van der Waals surface area contributed by atoms with Gasteiger partial charge in [-0.25, -0.2) is 9.78 Å². The molecule has 196 valence electrons. The fourth-order valence-electron chi connectivity index (χ4n) is 4.03. The van der Waals surface area contributed by atoms with E-state index in [-0.39, 0.29) is 5.91 Å². The number of esters is 1. The number of methoxy groups -OCH3 is 1. The molecule has 0 aliphatic rings. The van der Waals surface area contributed by atoms with Gasteiger partial charge in [0, 0.05) is 35.3 Å². The van der Waals surface area contributed by atoms with Gasteiger partial charge in [-0.3, -0.25) is 4.79 Å². The van der Waals surface area contributed by atoms with Crippen molar-refractivity contribution in [2.75, 3.05) is 12.4 Å². The Labute approximate surface area is 238 Å². The van der Waals surface area contributed by atoms with E-state index in [0.29, 0.717) is 34.9 Å². The summed E-state index contributed by atoms with van der Waals surface area (Å²) in [5, 5.41) is 11.4. The number of carbonyl (C=O) groups excluding carboxylic acids is 2. The van der Waals surface area contributed by atoms with Crippen LogP contribution in [0.15, 0.2) is 89.5 Å². The Morgan fingerprint density at radius 1 is 0.949 bits per heavy atom. The summed E-state index contributed by atoms with van der Waals surface area (Å²) in [6, 6.07) is 23.9. The van der Waals surface area contributed by atoms with Crippen LogP contribution in [0.3, 0.4) is 0 Å². The highest BCUT2D eigenvalue weighted by Gasteiger charge is 2.14. The maximum atomic E-state index is 12.6. The van der Waals surface area contributed by atoms with Crippen LogP contribution in [-0.2, 0) is 17.8 Å². The minimum atomic E-state index is -0.485. The molecule has 3 aromatic carbocycles. The molecule has 5 aromatic rings. The topological polar surface area (TPSA) is 97.6 Å². The Hall–Kier alpha value is -4.21. The molecule has 0 fully saturated rings. The monoisotopic (exact) mass is 603 g/mol. The Kier molecular flexibility index (Phi) is 7.90. The normalized spacial score (nSPS) is 10.8. The molecular formula is C29H23BrClN5O3. The highest BCUT2D eigenvalue weighted by atomic mass is 79.9. The molecule has 39 heavy (non-hydrogen) atoms. The summed E-state index contributed by atoms with van der Waals surface area (Å²) in [4.78, 5) is 29.0. The van der Waals surface area contributed by atoms with Crippen LogP contribution in [0.1, 0.15) is 31.8 Å². The molecule has 2 aromatic heterocycles. The molecule has 2 N–H and O–H groups in total. The lowest BCUT2D eigenvalue weighted by atomic mass is 10.1. The average molecular weight is 605 g/mol. The maximum absolute atomic E-state index is 12.6. The fraction of sp³-hybridized carbons (Fsp3) is 0.103. The average Bonchev–Trinajstić information content (AvgIpc) is 3.35. The van der Waals surface area contributed by atoms with E-state index in [4.69, 9.17) is 21.3 Å². The standard InChI is InChI=1S/C29H23BrClN5O3/c1-39-29(38)21-6-4-5-20(13-21)28(37)33-16-19-11-9-18(10-12-19)15-32-26-14-25(22-7-2-3-8-24(22)31)35-27-23(30)17-34-36(26)27/h2-14,17,32H,15-16H2,1H3,(H,33,37). The molecule has 0 spiro atoms. The number of hydrogen-bond acceptors (Lipinski definition) is 6. The second-order valence-electron chi connectivity index (χ2n) is 8.66. The predicted molar refractivity (Wildman–Crippen MR) is 154 cm³/mol. The van der Waals surface area contributed by atoms with Crippen LogP contribution in [0.25, 0.3) is 16.9 Å². The molecule has 0 bridgehead atoms. The first-order valence-corrected chi connectivity index (χ1v) is 13.2. The predicted octanol–water partition coefficient (Wildman–Crippen LogP) is 6.14. The van der Waals surface area contributed by atoms with Gasteiger partial charge in [0.2, 0.25) is 0 Å². The first-order valence-electron chi connectivity index (χ1n) is 12.0. The first-order chi connectivity index (χ1) is 18.9. The molecule has 0 aliphatic carbocycles. The van der Waals surface area contributed by atoms with Gasteiger partial charge >= 0.3 is 5.97 Å². The van der Waals surface area contributed by atoms with Crippen LogP contribution in [-0.4, -0.2) is 33.6 Å². The maximum Gasteiger partial charge on any atom is 0.337 e. The summed E-state index contributed by atoms with van der Waals surface area (Å²) >= 11 is 9.96. The SMILES string of the molecule is COC(=O)c1cccc(C(=O)NCc2ccc(CNc3cc(-c4ccccc4Cl)nc4c(Br)cnn34)cc2)c1. The van der Waals surface area contributed by atoms with E-state index in [1.54, 1.807) is 28.9 Å². The number of ether oxygens (including phenoxy) is 1. The van der Waals surface area contributed by atoms with E-state index in [0.717, 1.165) is 32.7 Å². The van der Waals surface area contributed by atoms with E-state index in [2.05, 4.69) is 31.7 Å². The van der Waals surface area contributed by atoms with Crippen LogP contribution >= 0.6 is 27.5 Å². The van der Waals surface area contributed by atoms with Gasteiger partial charge in [0.05, 0.1) is 29.0 Å². The van der Waals surface area contributed by atoms with Gasteiger partial charge in [0.15, 0.2) is 5.65 Å². The Bertz CT molecular complexity index is 1670. The molecule has 0 unspecified atom stereocenters. The summed E-state index contributed by atoms with van der Waals surface area (Å²) in [6.07, 6.45) is 1.71. The summed E-state index contributed by atoms with van der Waals surface area (Å²) in [6.45, 7) is 0.897. The molecule has 10 heteroatoms. The smallest absolute Gasteiger partial charge is 0.337 e. The van der Waals surface area contributed by atoms with Crippen molar-refractivity contribution in [1.29, 1.82) is 0 Å². The van der Waals surface area contributed by atoms with Crippen molar-refractivity contribution in [1.82, 2.24) is 19.9 Å². The van der Waals surface area contributed by atoms with Gasteiger partial charge in [-0.05, 0) is 51.3 Å². The van der Waals surface area contributed by atoms with E-state index < -0.39 is 5.97 Å². The van der Waals surface area contributed by atoms with E-state index in [9.17, 15) is 9.59 Å². The molecular weight excluding hydrogens is 582 g/mol. The minimum Gasteiger partial charge on any atom is -0.465 e. The van der Waals surface area contributed by atoms with Crippen molar-refractivity contribution in [3.8, 4) is 11.3 Å². The second-order valence-corrected chi connectivity index (χ2v) is 9.92. The number of carbonyl (C=O) groups is 2. The zero-order chi connectivity index (χ0) is 27.4. The number of hydrogen-bond donors (Lipinski definition) is 2. The summed E-state index contributed by atoms with van der Waals surface area (Å²) < 4.78 is 7.24. The van der Waals surface area contributed by atoms with Crippen LogP contribution in [0.5, 0.6) is 0 Å². The third-order valence-corrected chi connectivity index (χ3v) is 6.96. The van der Waals surface area contributed by atoms with Crippen molar-refractivity contribution in [3.63, 3.8) is 0 Å². The summed E-state index contributed by atoms with van der Waals surface area (Å²) in [5.74, 6) is 0.0145. The quantitative estimate of drug-likeness (QED) is 0.207. The number of halogens is 2. The zero-order valence-corrected chi connectivity index (χ0v) is 23.2. The first kappa shape index (κ1) is 26.4. The molecule has 8 nitrogen and oxygen atoms in total. The molecule has 0 atom stereocenters. The number of nitrogens with one attached hydrogen (secondary N) is 2.